The Morgan fingerprint density at radius 1 is 0.466 bits per heavy atom. The summed E-state index contributed by atoms with van der Waals surface area (Å²) in [6.07, 6.45) is 4.63. The van der Waals surface area contributed by atoms with Gasteiger partial charge in [-0.15, -0.1) is 0 Å². The van der Waals surface area contributed by atoms with Gasteiger partial charge in [0, 0.05) is 45.4 Å². The van der Waals surface area contributed by atoms with E-state index in [1.165, 1.54) is 75.5 Å². The second-order valence-corrected chi connectivity index (χ2v) is 18.9. The highest BCUT2D eigenvalue weighted by atomic mass is 16.5. The molecule has 0 bridgehead atoms. The number of esters is 2. The minimum Gasteiger partial charge on any atom is -0.466 e. The van der Waals surface area contributed by atoms with Gasteiger partial charge in [0.15, 0.2) is 12.2 Å². The summed E-state index contributed by atoms with van der Waals surface area (Å²) in [7, 11) is 0. The maximum atomic E-state index is 13.6. The molecular weight excluding hydrogens is 957 g/mol. The summed E-state index contributed by atoms with van der Waals surface area (Å²) in [5.74, 6) is -4.78. The highest BCUT2D eigenvalue weighted by Crippen LogP contribution is 2.14. The number of carbonyl (C=O) groups excluding carboxylic acids is 6. The highest BCUT2D eigenvalue weighted by molar-refractivity contribution is 5.88. The van der Waals surface area contributed by atoms with Gasteiger partial charge in [-0.25, -0.2) is 4.79 Å². The zero-order chi connectivity index (χ0) is 54.8. The summed E-state index contributed by atoms with van der Waals surface area (Å²) in [6.45, 7) is 2.33. The summed E-state index contributed by atoms with van der Waals surface area (Å²) >= 11 is 0. The van der Waals surface area contributed by atoms with E-state index in [0.717, 1.165) is 44.9 Å². The molecule has 22 heteroatoms. The molecule has 0 fully saturated rings. The number of hydrogen-bond donors (Lipinski definition) is 13. The van der Waals surface area contributed by atoms with Gasteiger partial charge in [0.1, 0.15) is 42.7 Å². The molecular formula is C51H96N4O18. The Labute approximate surface area is 433 Å². The SMILES string of the molecule is CCCCCCCCCCCCOC(=O)CC[C@@H](NC(=O)CCC(=O)N(CCCNC(=O)C(O)C(O)C(O)C(O)CO)CCCNC(=O)C(O)C(O)C(O)C(O)CO)C(=O)OCCCCCCCCCCCC. The van der Waals surface area contributed by atoms with E-state index in [0.29, 0.717) is 12.8 Å². The van der Waals surface area contributed by atoms with Gasteiger partial charge >= 0.3 is 11.9 Å². The smallest absolute Gasteiger partial charge is 0.328 e. The van der Waals surface area contributed by atoms with Crippen molar-refractivity contribution >= 4 is 35.6 Å². The molecule has 0 aliphatic rings. The molecule has 428 valence electrons. The third kappa shape index (κ3) is 33.9. The summed E-state index contributed by atoms with van der Waals surface area (Å²) in [5, 5.41) is 104. The zero-order valence-electron chi connectivity index (χ0n) is 43.9. The average Bonchev–Trinajstić information content (AvgIpc) is 3.39. The van der Waals surface area contributed by atoms with Crippen LogP contribution in [0.5, 0.6) is 0 Å². The average molecular weight is 1050 g/mol. The molecule has 0 aliphatic carbocycles. The molecule has 0 aromatic carbocycles. The second-order valence-electron chi connectivity index (χ2n) is 18.9. The molecule has 4 amide bonds. The summed E-state index contributed by atoms with van der Waals surface area (Å²) < 4.78 is 11.0. The van der Waals surface area contributed by atoms with E-state index < -0.39 is 110 Å². The Hall–Kier alpha value is -3.58. The fraction of sp³-hybridized carbons (Fsp3) is 0.882. The van der Waals surface area contributed by atoms with Crippen LogP contribution in [0.1, 0.15) is 181 Å². The fourth-order valence-corrected chi connectivity index (χ4v) is 7.76. The van der Waals surface area contributed by atoms with Crippen molar-refractivity contribution in [2.75, 3.05) is 52.6 Å². The van der Waals surface area contributed by atoms with Crippen LogP contribution < -0.4 is 16.0 Å². The lowest BCUT2D eigenvalue weighted by atomic mass is 10.0. The number of aliphatic hydroxyl groups is 10. The maximum absolute atomic E-state index is 13.6. The third-order valence-corrected chi connectivity index (χ3v) is 12.5. The van der Waals surface area contributed by atoms with Crippen LogP contribution in [0.15, 0.2) is 0 Å². The number of carbonyl (C=O) groups is 6. The maximum Gasteiger partial charge on any atom is 0.328 e. The normalized spacial score (nSPS) is 15.2. The molecule has 0 aliphatic heterocycles. The van der Waals surface area contributed by atoms with Gasteiger partial charge in [-0.1, -0.05) is 129 Å². The lowest BCUT2D eigenvalue weighted by Gasteiger charge is -2.26. The number of aliphatic hydroxyl groups excluding tert-OH is 10. The van der Waals surface area contributed by atoms with Gasteiger partial charge in [0.2, 0.25) is 11.8 Å². The number of nitrogens with zero attached hydrogens (tertiary/aromatic N) is 1. The molecule has 73 heavy (non-hydrogen) atoms. The Morgan fingerprint density at radius 3 is 1.25 bits per heavy atom. The minimum atomic E-state index is -2.20. The molecule has 0 aromatic heterocycles. The van der Waals surface area contributed by atoms with Gasteiger partial charge in [0.25, 0.3) is 11.8 Å². The molecule has 0 spiro atoms. The summed E-state index contributed by atoms with van der Waals surface area (Å²) in [6, 6.07) is -1.21. The van der Waals surface area contributed by atoms with Crippen molar-refractivity contribution in [3.63, 3.8) is 0 Å². The molecule has 0 radical (unpaired) electrons. The number of ether oxygens (including phenoxy) is 2. The van der Waals surface area contributed by atoms with Gasteiger partial charge in [-0.05, 0) is 32.1 Å². The number of hydrogen-bond acceptors (Lipinski definition) is 18. The number of rotatable bonds is 48. The van der Waals surface area contributed by atoms with Crippen molar-refractivity contribution in [3.05, 3.63) is 0 Å². The van der Waals surface area contributed by atoms with Crippen LogP contribution in [0.2, 0.25) is 0 Å². The molecule has 8 unspecified atom stereocenters. The van der Waals surface area contributed by atoms with Crippen molar-refractivity contribution in [2.24, 2.45) is 0 Å². The van der Waals surface area contributed by atoms with Gasteiger partial charge < -0.3 is 81.4 Å². The van der Waals surface area contributed by atoms with Crippen LogP contribution in [-0.4, -0.2) is 199 Å². The molecule has 0 aromatic rings. The summed E-state index contributed by atoms with van der Waals surface area (Å²) in [4.78, 5) is 79.1. The van der Waals surface area contributed by atoms with E-state index in [-0.39, 0.29) is 71.5 Å². The van der Waals surface area contributed by atoms with Crippen LogP contribution in [-0.2, 0) is 38.2 Å². The topological polar surface area (TPSA) is 363 Å². The van der Waals surface area contributed by atoms with Gasteiger partial charge in [-0.2, -0.15) is 0 Å². The monoisotopic (exact) mass is 1050 g/mol. The minimum absolute atomic E-state index is 0.0406. The lowest BCUT2D eigenvalue weighted by molar-refractivity contribution is -0.150. The van der Waals surface area contributed by atoms with Crippen LogP contribution in [0, 0.1) is 0 Å². The Kier molecular flexibility index (Phi) is 42.5. The van der Waals surface area contributed by atoms with Crippen molar-refractivity contribution in [3.8, 4) is 0 Å². The van der Waals surface area contributed by atoms with E-state index in [9.17, 15) is 69.6 Å². The second kappa shape index (κ2) is 44.7. The Bertz CT molecular complexity index is 1420. The van der Waals surface area contributed by atoms with Crippen LogP contribution in [0.25, 0.3) is 0 Å². The first kappa shape index (κ1) is 69.4. The van der Waals surface area contributed by atoms with E-state index in [2.05, 4.69) is 29.8 Å². The molecule has 0 rings (SSSR count). The number of amides is 4. The first-order valence-electron chi connectivity index (χ1n) is 27.1. The first-order chi connectivity index (χ1) is 35.0. The molecule has 22 nitrogen and oxygen atoms in total. The fourth-order valence-electron chi connectivity index (χ4n) is 7.76. The molecule has 0 saturated carbocycles. The standard InChI is InChI=1S/C51H96N4O18/c1-3-5-7-9-11-13-15-17-19-21-33-72-42(62)28-25-37(51(71)73-34-22-20-18-16-14-12-10-8-6-4-2)54-40(60)26-27-41(61)55(31-23-29-52-49(69)47(67)45(65)43(63)38(58)35-56)32-24-30-53-50(70)48(68)46(66)44(64)39(59)36-57/h37-39,43-48,56-59,63-68H,3-36H2,1-2H3,(H,52,69)(H,53,70)(H,54,60)/t37-,38?,39?,43?,44?,45?,46?,47?,48?/m1/s1. The van der Waals surface area contributed by atoms with Gasteiger partial charge in [0.05, 0.1) is 26.4 Å². The largest absolute Gasteiger partial charge is 0.466 e. The predicted octanol–water partition coefficient (Wildman–Crippen LogP) is 0.673. The van der Waals surface area contributed by atoms with Crippen molar-refractivity contribution in [2.45, 2.75) is 236 Å². The first-order valence-corrected chi connectivity index (χ1v) is 27.1. The van der Waals surface area contributed by atoms with Crippen molar-refractivity contribution in [1.82, 2.24) is 20.9 Å². The van der Waals surface area contributed by atoms with E-state index in [4.69, 9.17) is 19.7 Å². The van der Waals surface area contributed by atoms with E-state index in [1.54, 1.807) is 0 Å². The van der Waals surface area contributed by atoms with E-state index in [1.807, 2.05) is 0 Å². The summed E-state index contributed by atoms with van der Waals surface area (Å²) in [5.41, 5.74) is 0. The number of unbranched alkanes of at least 4 members (excludes halogenated alkanes) is 18. The van der Waals surface area contributed by atoms with Crippen LogP contribution >= 0.6 is 0 Å². The van der Waals surface area contributed by atoms with Gasteiger partial charge in [-0.3, -0.25) is 24.0 Å². The van der Waals surface area contributed by atoms with Crippen LogP contribution in [0.3, 0.4) is 0 Å². The lowest BCUT2D eigenvalue weighted by Crippen LogP contribution is -2.52. The highest BCUT2D eigenvalue weighted by Gasteiger charge is 2.35. The zero-order valence-corrected chi connectivity index (χ0v) is 43.9. The quantitative estimate of drug-likeness (QED) is 0.0294. The van der Waals surface area contributed by atoms with Crippen molar-refractivity contribution < 1.29 is 89.3 Å². The Morgan fingerprint density at radius 2 is 0.849 bits per heavy atom. The Balaban J connectivity index is 5.61. The van der Waals surface area contributed by atoms with E-state index >= 15 is 0 Å². The molecule has 9 atom stereocenters. The third-order valence-electron chi connectivity index (χ3n) is 12.5. The molecule has 0 heterocycles. The number of nitrogens with one attached hydrogen (secondary N) is 3. The predicted molar refractivity (Wildman–Crippen MR) is 270 cm³/mol. The van der Waals surface area contributed by atoms with Crippen molar-refractivity contribution in [1.29, 1.82) is 0 Å². The molecule has 0 saturated heterocycles. The molecule has 13 N–H and O–H groups in total. The van der Waals surface area contributed by atoms with Crippen LogP contribution in [0.4, 0.5) is 0 Å².